The Hall–Kier alpha value is -1.36. The van der Waals surface area contributed by atoms with Crippen LogP contribution in [0.15, 0.2) is 29.4 Å². The van der Waals surface area contributed by atoms with Gasteiger partial charge in [-0.1, -0.05) is 12.7 Å². The van der Waals surface area contributed by atoms with Gasteiger partial charge in [0.1, 0.15) is 6.61 Å². The topological polar surface area (TPSA) is 42.4 Å². The molecule has 90 valence electrons. The van der Waals surface area contributed by atoms with Crippen LogP contribution < -0.4 is 0 Å². The number of aromatic nitrogens is 1. The number of hydrogen-bond donors (Lipinski definition) is 0. The van der Waals surface area contributed by atoms with E-state index >= 15 is 0 Å². The first-order chi connectivity index (χ1) is 8.20. The van der Waals surface area contributed by atoms with Crippen LogP contribution in [0.4, 0.5) is 4.79 Å². The van der Waals surface area contributed by atoms with Gasteiger partial charge in [0.2, 0.25) is 0 Å². The molecule has 1 aliphatic rings. The molecular formula is C12H13BrN2O2. The predicted molar refractivity (Wildman–Crippen MR) is 67.6 cm³/mol. The molecule has 0 saturated carbocycles. The van der Waals surface area contributed by atoms with Crippen LogP contribution in [0.5, 0.6) is 0 Å². The van der Waals surface area contributed by atoms with Crippen molar-refractivity contribution in [2.75, 3.05) is 13.2 Å². The Bertz CT molecular complexity index is 448. The Balaban J connectivity index is 2.07. The van der Waals surface area contributed by atoms with Gasteiger partial charge in [0.25, 0.3) is 0 Å². The van der Waals surface area contributed by atoms with Gasteiger partial charge in [0, 0.05) is 29.3 Å². The van der Waals surface area contributed by atoms with Crippen LogP contribution in [-0.2, 0) is 17.7 Å². The molecule has 2 rings (SSSR count). The summed E-state index contributed by atoms with van der Waals surface area (Å²) in [5.41, 5.74) is 2.13. The molecule has 0 saturated heterocycles. The standard InChI is InChI=1S/C12H13BrN2O2/c1-2-5-17-12(16)15-4-3-11-9(8-15)6-10(13)7-14-11/h2,6-7H,1,3-5,8H2. The number of carbonyl (C=O) groups is 1. The summed E-state index contributed by atoms with van der Waals surface area (Å²) in [6.07, 6.45) is 3.82. The molecule has 0 unspecified atom stereocenters. The van der Waals surface area contributed by atoms with Gasteiger partial charge in [-0.2, -0.15) is 0 Å². The molecule has 5 heteroatoms. The molecule has 0 N–H and O–H groups in total. The molecule has 0 aliphatic carbocycles. The highest BCUT2D eigenvalue weighted by atomic mass is 79.9. The van der Waals surface area contributed by atoms with Gasteiger partial charge in [0.05, 0.1) is 6.54 Å². The summed E-state index contributed by atoms with van der Waals surface area (Å²) in [5, 5.41) is 0. The van der Waals surface area contributed by atoms with Crippen LogP contribution in [0.25, 0.3) is 0 Å². The Kier molecular flexibility index (Phi) is 3.78. The number of nitrogens with zero attached hydrogens (tertiary/aromatic N) is 2. The van der Waals surface area contributed by atoms with E-state index in [1.54, 1.807) is 17.2 Å². The van der Waals surface area contributed by atoms with E-state index < -0.39 is 0 Å². The van der Waals surface area contributed by atoms with Crippen molar-refractivity contribution >= 4 is 22.0 Å². The van der Waals surface area contributed by atoms with Crippen molar-refractivity contribution in [2.45, 2.75) is 13.0 Å². The molecule has 17 heavy (non-hydrogen) atoms. The molecule has 0 aromatic carbocycles. The minimum absolute atomic E-state index is 0.249. The molecule has 0 spiro atoms. The summed E-state index contributed by atoms with van der Waals surface area (Å²) in [5.74, 6) is 0. The molecule has 4 nitrogen and oxygen atoms in total. The fourth-order valence-electron chi connectivity index (χ4n) is 1.77. The predicted octanol–water partition coefficient (Wildman–Crippen LogP) is 2.52. The molecule has 1 aromatic rings. The third-order valence-electron chi connectivity index (χ3n) is 2.59. The lowest BCUT2D eigenvalue weighted by molar-refractivity contribution is 0.107. The number of ether oxygens (including phenoxy) is 1. The quantitative estimate of drug-likeness (QED) is 0.788. The zero-order valence-corrected chi connectivity index (χ0v) is 10.9. The first kappa shape index (κ1) is 12.1. The van der Waals surface area contributed by atoms with Crippen molar-refractivity contribution in [3.63, 3.8) is 0 Å². The van der Waals surface area contributed by atoms with Gasteiger partial charge in [-0.15, -0.1) is 0 Å². The van der Waals surface area contributed by atoms with E-state index in [0.29, 0.717) is 13.1 Å². The molecule has 1 amide bonds. The second-order valence-electron chi connectivity index (χ2n) is 3.80. The lowest BCUT2D eigenvalue weighted by Gasteiger charge is -2.27. The van der Waals surface area contributed by atoms with E-state index in [2.05, 4.69) is 27.5 Å². The van der Waals surface area contributed by atoms with E-state index in [0.717, 1.165) is 22.2 Å². The fraction of sp³-hybridized carbons (Fsp3) is 0.333. The molecular weight excluding hydrogens is 284 g/mol. The Labute approximate surface area is 108 Å². The van der Waals surface area contributed by atoms with Gasteiger partial charge in [-0.25, -0.2) is 4.79 Å². The van der Waals surface area contributed by atoms with Gasteiger partial charge in [0.15, 0.2) is 0 Å². The lowest BCUT2D eigenvalue weighted by atomic mass is 10.1. The van der Waals surface area contributed by atoms with Crippen LogP contribution in [0.1, 0.15) is 11.3 Å². The minimum Gasteiger partial charge on any atom is -0.445 e. The number of carbonyl (C=O) groups excluding carboxylic acids is 1. The average molecular weight is 297 g/mol. The van der Waals surface area contributed by atoms with Crippen molar-refractivity contribution < 1.29 is 9.53 Å². The zero-order chi connectivity index (χ0) is 12.3. The van der Waals surface area contributed by atoms with E-state index in [1.807, 2.05) is 6.07 Å². The summed E-state index contributed by atoms with van der Waals surface area (Å²) < 4.78 is 5.94. The number of hydrogen-bond acceptors (Lipinski definition) is 3. The van der Waals surface area contributed by atoms with Crippen LogP contribution in [0.3, 0.4) is 0 Å². The van der Waals surface area contributed by atoms with Crippen molar-refractivity contribution in [1.82, 2.24) is 9.88 Å². The summed E-state index contributed by atoms with van der Waals surface area (Å²) in [4.78, 5) is 17.7. The SMILES string of the molecule is C=CCOC(=O)N1CCc2ncc(Br)cc2C1. The van der Waals surface area contributed by atoms with Crippen molar-refractivity contribution in [3.8, 4) is 0 Å². The third kappa shape index (κ3) is 2.85. The third-order valence-corrected chi connectivity index (χ3v) is 3.02. The monoisotopic (exact) mass is 296 g/mol. The second-order valence-corrected chi connectivity index (χ2v) is 4.71. The van der Waals surface area contributed by atoms with Crippen LogP contribution >= 0.6 is 15.9 Å². The summed E-state index contributed by atoms with van der Waals surface area (Å²) in [6.45, 7) is 4.97. The van der Waals surface area contributed by atoms with E-state index in [4.69, 9.17) is 4.74 Å². The Morgan fingerprint density at radius 1 is 1.71 bits per heavy atom. The maximum atomic E-state index is 11.7. The van der Waals surface area contributed by atoms with Gasteiger partial charge >= 0.3 is 6.09 Å². The normalized spacial score (nSPS) is 14.1. The molecule has 0 bridgehead atoms. The highest BCUT2D eigenvalue weighted by Gasteiger charge is 2.22. The number of fused-ring (bicyclic) bond motifs is 1. The van der Waals surface area contributed by atoms with Gasteiger partial charge < -0.3 is 9.64 Å². The van der Waals surface area contributed by atoms with Crippen molar-refractivity contribution in [2.24, 2.45) is 0 Å². The molecule has 0 fully saturated rings. The minimum atomic E-state index is -0.296. The molecule has 0 radical (unpaired) electrons. The zero-order valence-electron chi connectivity index (χ0n) is 9.36. The van der Waals surface area contributed by atoms with E-state index in [1.165, 1.54) is 0 Å². The molecule has 2 heterocycles. The number of pyridine rings is 1. The smallest absolute Gasteiger partial charge is 0.410 e. The summed E-state index contributed by atoms with van der Waals surface area (Å²) in [6, 6.07) is 2.00. The van der Waals surface area contributed by atoms with E-state index in [-0.39, 0.29) is 12.7 Å². The maximum absolute atomic E-state index is 11.7. The highest BCUT2D eigenvalue weighted by Crippen LogP contribution is 2.21. The van der Waals surface area contributed by atoms with Crippen molar-refractivity contribution in [3.05, 3.63) is 40.6 Å². The average Bonchev–Trinajstić information content (AvgIpc) is 2.35. The first-order valence-electron chi connectivity index (χ1n) is 5.36. The maximum Gasteiger partial charge on any atom is 0.410 e. The highest BCUT2D eigenvalue weighted by molar-refractivity contribution is 9.10. The van der Waals surface area contributed by atoms with Crippen LogP contribution in [-0.4, -0.2) is 29.1 Å². The fourth-order valence-corrected chi connectivity index (χ4v) is 2.15. The molecule has 1 aliphatic heterocycles. The Morgan fingerprint density at radius 3 is 3.29 bits per heavy atom. The van der Waals surface area contributed by atoms with Crippen molar-refractivity contribution in [1.29, 1.82) is 0 Å². The lowest BCUT2D eigenvalue weighted by Crippen LogP contribution is -2.36. The van der Waals surface area contributed by atoms with Crippen LogP contribution in [0, 0.1) is 0 Å². The molecule has 1 aromatic heterocycles. The van der Waals surface area contributed by atoms with Gasteiger partial charge in [-0.3, -0.25) is 4.98 Å². The van der Waals surface area contributed by atoms with Gasteiger partial charge in [-0.05, 0) is 27.6 Å². The van der Waals surface area contributed by atoms with Crippen LogP contribution in [0.2, 0.25) is 0 Å². The molecule has 0 atom stereocenters. The largest absolute Gasteiger partial charge is 0.445 e. The number of rotatable bonds is 2. The Morgan fingerprint density at radius 2 is 2.53 bits per heavy atom. The first-order valence-corrected chi connectivity index (χ1v) is 6.16. The second kappa shape index (κ2) is 5.31. The van der Waals surface area contributed by atoms with E-state index in [9.17, 15) is 4.79 Å². The summed E-state index contributed by atoms with van der Waals surface area (Å²) >= 11 is 3.38. The number of amides is 1. The number of halogens is 1. The summed E-state index contributed by atoms with van der Waals surface area (Å²) in [7, 11) is 0.